The molecular weight excluding hydrogens is 428 g/mol. The fourth-order valence-electron chi connectivity index (χ4n) is 3.75. The van der Waals surface area contributed by atoms with Gasteiger partial charge in [0, 0.05) is 43.2 Å². The van der Waals surface area contributed by atoms with Gasteiger partial charge in [-0.25, -0.2) is 13.2 Å². The fraction of sp³-hybridized carbons (Fsp3) is 0.417. The number of rotatable bonds is 7. The number of ketones is 1. The van der Waals surface area contributed by atoms with E-state index in [1.165, 1.54) is 12.2 Å². The van der Waals surface area contributed by atoms with E-state index in [1.54, 1.807) is 34.6 Å². The lowest BCUT2D eigenvalue weighted by atomic mass is 10.1. The van der Waals surface area contributed by atoms with Crippen molar-refractivity contribution in [3.8, 4) is 0 Å². The van der Waals surface area contributed by atoms with Crippen molar-refractivity contribution in [1.82, 2.24) is 8.87 Å². The van der Waals surface area contributed by atoms with E-state index >= 15 is 0 Å². The molecule has 0 saturated carbocycles. The van der Waals surface area contributed by atoms with Crippen molar-refractivity contribution in [1.29, 1.82) is 0 Å². The van der Waals surface area contributed by atoms with Gasteiger partial charge in [0.25, 0.3) is 0 Å². The molecule has 172 valence electrons. The van der Waals surface area contributed by atoms with Crippen LogP contribution in [0, 0.1) is 13.8 Å². The number of carbonyl (C=O) groups is 2. The number of ether oxygens (including phenoxy) is 1. The molecule has 1 aromatic carbocycles. The summed E-state index contributed by atoms with van der Waals surface area (Å²) < 4.78 is 34.2. The standard InChI is InChI=1S/C24H30N2O5S/c1-18-16-22(19(2)25(18)3)23(27)17-31-24(28)13-10-20-8-11-21(12-9-20)32(29,30)26-14-6-4-5-7-15-26/h8-13,16H,4-7,14-15,17H2,1-3H3. The highest BCUT2D eigenvalue weighted by Gasteiger charge is 2.24. The largest absolute Gasteiger partial charge is 0.454 e. The van der Waals surface area contributed by atoms with Gasteiger partial charge in [0.1, 0.15) is 0 Å². The first-order valence-corrected chi connectivity index (χ1v) is 12.3. The Kier molecular flexibility index (Phi) is 7.69. The molecule has 1 aliphatic heterocycles. The Balaban J connectivity index is 1.57. The van der Waals surface area contributed by atoms with Crippen LogP contribution in [0.3, 0.4) is 0 Å². The number of aryl methyl sites for hydroxylation is 1. The van der Waals surface area contributed by atoms with E-state index in [-0.39, 0.29) is 17.3 Å². The second kappa shape index (κ2) is 10.3. The molecule has 0 bridgehead atoms. The van der Waals surface area contributed by atoms with E-state index < -0.39 is 16.0 Å². The monoisotopic (exact) mass is 458 g/mol. The molecule has 1 aromatic heterocycles. The number of hydrogen-bond acceptors (Lipinski definition) is 5. The van der Waals surface area contributed by atoms with Gasteiger partial charge in [-0.1, -0.05) is 25.0 Å². The number of carbonyl (C=O) groups excluding carboxylic acids is 2. The summed E-state index contributed by atoms with van der Waals surface area (Å²) in [5.74, 6) is -0.888. The zero-order valence-electron chi connectivity index (χ0n) is 18.8. The van der Waals surface area contributed by atoms with Gasteiger partial charge < -0.3 is 9.30 Å². The quantitative estimate of drug-likeness (QED) is 0.359. The lowest BCUT2D eigenvalue weighted by Crippen LogP contribution is -2.31. The maximum absolute atomic E-state index is 12.8. The minimum atomic E-state index is -3.50. The normalized spacial score (nSPS) is 15.6. The molecule has 2 aromatic rings. The predicted octanol–water partition coefficient (Wildman–Crippen LogP) is 3.65. The van der Waals surface area contributed by atoms with Crippen molar-refractivity contribution in [3.63, 3.8) is 0 Å². The van der Waals surface area contributed by atoms with Gasteiger partial charge in [0.05, 0.1) is 4.90 Å². The van der Waals surface area contributed by atoms with E-state index in [9.17, 15) is 18.0 Å². The maximum Gasteiger partial charge on any atom is 0.331 e. The van der Waals surface area contributed by atoms with Crippen molar-refractivity contribution >= 4 is 27.9 Å². The van der Waals surface area contributed by atoms with Crippen LogP contribution in [0.5, 0.6) is 0 Å². The van der Waals surface area contributed by atoms with Crippen LogP contribution < -0.4 is 0 Å². The van der Waals surface area contributed by atoms with Gasteiger partial charge in [-0.2, -0.15) is 4.31 Å². The molecule has 0 atom stereocenters. The summed E-state index contributed by atoms with van der Waals surface area (Å²) in [4.78, 5) is 24.6. The van der Waals surface area contributed by atoms with Crippen LogP contribution in [0.15, 0.2) is 41.3 Å². The molecule has 0 N–H and O–H groups in total. The van der Waals surface area contributed by atoms with E-state index in [0.29, 0.717) is 24.2 Å². The van der Waals surface area contributed by atoms with Crippen LogP contribution in [0.4, 0.5) is 0 Å². The summed E-state index contributed by atoms with van der Waals surface area (Å²) >= 11 is 0. The van der Waals surface area contributed by atoms with Crippen LogP contribution in [0.1, 0.15) is 53.0 Å². The number of Topliss-reactive ketones (excluding diaryl/α,β-unsaturated/α-hetero) is 1. The molecule has 0 amide bonds. The molecule has 7 nitrogen and oxygen atoms in total. The van der Waals surface area contributed by atoms with Crippen molar-refractivity contribution in [3.05, 3.63) is 58.9 Å². The van der Waals surface area contributed by atoms with Crippen LogP contribution >= 0.6 is 0 Å². The second-order valence-electron chi connectivity index (χ2n) is 8.10. The molecule has 1 fully saturated rings. The Morgan fingerprint density at radius 3 is 2.22 bits per heavy atom. The predicted molar refractivity (Wildman–Crippen MR) is 123 cm³/mol. The van der Waals surface area contributed by atoms with Gasteiger partial charge in [-0.15, -0.1) is 0 Å². The molecule has 0 unspecified atom stereocenters. The molecule has 1 aliphatic rings. The van der Waals surface area contributed by atoms with Crippen LogP contribution in [0.25, 0.3) is 6.08 Å². The first-order chi connectivity index (χ1) is 15.2. The fourth-order valence-corrected chi connectivity index (χ4v) is 5.26. The first-order valence-electron chi connectivity index (χ1n) is 10.8. The van der Waals surface area contributed by atoms with Gasteiger partial charge >= 0.3 is 5.97 Å². The van der Waals surface area contributed by atoms with Crippen molar-refractivity contribution in [2.45, 2.75) is 44.4 Å². The Morgan fingerprint density at radius 2 is 1.66 bits per heavy atom. The van der Waals surface area contributed by atoms with Gasteiger partial charge in [0.2, 0.25) is 15.8 Å². The minimum absolute atomic E-state index is 0.248. The number of benzene rings is 1. The third-order valence-electron chi connectivity index (χ3n) is 5.92. The highest BCUT2D eigenvalue weighted by molar-refractivity contribution is 7.89. The highest BCUT2D eigenvalue weighted by Crippen LogP contribution is 2.21. The van der Waals surface area contributed by atoms with E-state index in [1.807, 2.05) is 25.5 Å². The average Bonchev–Trinajstić information content (AvgIpc) is 2.99. The zero-order valence-corrected chi connectivity index (χ0v) is 19.7. The molecule has 0 radical (unpaired) electrons. The molecule has 8 heteroatoms. The number of sulfonamides is 1. The van der Waals surface area contributed by atoms with E-state index in [4.69, 9.17) is 4.74 Å². The summed E-state index contributed by atoms with van der Waals surface area (Å²) in [6.07, 6.45) is 6.65. The summed E-state index contributed by atoms with van der Waals surface area (Å²) in [7, 11) is -1.63. The Bertz CT molecular complexity index is 1110. The average molecular weight is 459 g/mol. The van der Waals surface area contributed by atoms with E-state index in [0.717, 1.165) is 37.1 Å². The zero-order chi connectivity index (χ0) is 23.3. The van der Waals surface area contributed by atoms with Crippen molar-refractivity contribution < 1.29 is 22.7 Å². The summed E-state index contributed by atoms with van der Waals surface area (Å²) in [6.45, 7) is 4.52. The molecule has 3 rings (SSSR count). The lowest BCUT2D eigenvalue weighted by Gasteiger charge is -2.19. The summed E-state index contributed by atoms with van der Waals surface area (Å²) in [5, 5.41) is 0. The Labute approximate surface area is 189 Å². The minimum Gasteiger partial charge on any atom is -0.454 e. The summed E-state index contributed by atoms with van der Waals surface area (Å²) in [6, 6.07) is 8.18. The molecule has 32 heavy (non-hydrogen) atoms. The number of hydrogen-bond donors (Lipinski definition) is 0. The van der Waals surface area contributed by atoms with Crippen LogP contribution in [-0.4, -0.2) is 48.7 Å². The molecule has 1 saturated heterocycles. The van der Waals surface area contributed by atoms with Crippen molar-refractivity contribution in [2.75, 3.05) is 19.7 Å². The SMILES string of the molecule is Cc1cc(C(=O)COC(=O)C=Cc2ccc(S(=O)(=O)N3CCCCCC3)cc2)c(C)n1C. The van der Waals surface area contributed by atoms with Crippen LogP contribution in [0.2, 0.25) is 0 Å². The molecular formula is C24H30N2O5S. The number of nitrogens with zero attached hydrogens (tertiary/aromatic N) is 2. The van der Waals surface area contributed by atoms with Gasteiger partial charge in [-0.3, -0.25) is 4.79 Å². The molecule has 2 heterocycles. The summed E-state index contributed by atoms with van der Waals surface area (Å²) in [5.41, 5.74) is 2.99. The molecule has 0 spiro atoms. The molecule has 0 aliphatic carbocycles. The third-order valence-corrected chi connectivity index (χ3v) is 7.83. The lowest BCUT2D eigenvalue weighted by molar-refractivity contribution is -0.136. The number of aromatic nitrogens is 1. The Morgan fingerprint density at radius 1 is 1.03 bits per heavy atom. The van der Waals surface area contributed by atoms with Gasteiger partial charge in [-0.05, 0) is 56.5 Å². The van der Waals surface area contributed by atoms with Crippen LogP contribution in [-0.2, 0) is 26.6 Å². The Hall–Kier alpha value is -2.71. The van der Waals surface area contributed by atoms with Crippen molar-refractivity contribution in [2.24, 2.45) is 7.05 Å². The topological polar surface area (TPSA) is 85.7 Å². The maximum atomic E-state index is 12.8. The third kappa shape index (κ3) is 5.55. The van der Waals surface area contributed by atoms with E-state index in [2.05, 4.69) is 0 Å². The smallest absolute Gasteiger partial charge is 0.331 e. The van der Waals surface area contributed by atoms with Gasteiger partial charge in [0.15, 0.2) is 6.61 Å². The number of esters is 1. The first kappa shape index (κ1) is 23.9. The highest BCUT2D eigenvalue weighted by atomic mass is 32.2. The second-order valence-corrected chi connectivity index (χ2v) is 10.0.